The van der Waals surface area contributed by atoms with E-state index in [-0.39, 0.29) is 12.1 Å². The molecule has 3 rings (SSSR count). The van der Waals surface area contributed by atoms with Crippen molar-refractivity contribution in [1.82, 2.24) is 15.1 Å². The first-order valence-electron chi connectivity index (χ1n) is 9.21. The number of aryl methyl sites for hydroxylation is 1. The Balaban J connectivity index is 1.80. The molecule has 6 heteroatoms. The van der Waals surface area contributed by atoms with Gasteiger partial charge in [-0.1, -0.05) is 30.3 Å². The lowest BCUT2D eigenvalue weighted by Gasteiger charge is -2.34. The van der Waals surface area contributed by atoms with Gasteiger partial charge < -0.3 is 15.0 Å². The normalized spacial score (nSPS) is 16.9. The Bertz CT molecular complexity index is 749. The standard InChI is InChI=1S/C20H28N4O2/c1-5-24-18-16(22-19(25)26-20(2,3)4)11-12-23(17(18)13-21-24)14-15-9-7-6-8-10-15/h6-10,13,16H,5,11-12,14H2,1-4H3,(H,22,25). The van der Waals surface area contributed by atoms with E-state index in [0.29, 0.717) is 0 Å². The van der Waals surface area contributed by atoms with Gasteiger partial charge in [0.1, 0.15) is 5.60 Å². The highest BCUT2D eigenvalue weighted by Crippen LogP contribution is 2.35. The molecule has 6 nitrogen and oxygen atoms in total. The molecule has 1 aromatic carbocycles. The van der Waals surface area contributed by atoms with Crippen LogP contribution in [0.2, 0.25) is 0 Å². The predicted molar refractivity (Wildman–Crippen MR) is 102 cm³/mol. The summed E-state index contributed by atoms with van der Waals surface area (Å²) in [5, 5.41) is 7.55. The van der Waals surface area contributed by atoms with Crippen LogP contribution in [0, 0.1) is 0 Å². The Kier molecular flexibility index (Phi) is 5.20. The summed E-state index contributed by atoms with van der Waals surface area (Å²) in [6.07, 6.45) is 2.35. The van der Waals surface area contributed by atoms with Crippen molar-refractivity contribution < 1.29 is 9.53 Å². The molecule has 0 spiro atoms. The molecule has 1 atom stereocenters. The van der Waals surface area contributed by atoms with Gasteiger partial charge in [0.2, 0.25) is 0 Å². The lowest BCUT2D eigenvalue weighted by Crippen LogP contribution is -2.40. The number of fused-ring (bicyclic) bond motifs is 1. The second-order valence-corrected chi connectivity index (χ2v) is 7.63. The van der Waals surface area contributed by atoms with Gasteiger partial charge >= 0.3 is 6.09 Å². The van der Waals surface area contributed by atoms with Gasteiger partial charge in [-0.25, -0.2) is 4.79 Å². The number of rotatable bonds is 4. The van der Waals surface area contributed by atoms with Gasteiger partial charge in [0.15, 0.2) is 0 Å². The summed E-state index contributed by atoms with van der Waals surface area (Å²) in [5.41, 5.74) is 2.90. The number of alkyl carbamates (subject to hydrolysis) is 1. The van der Waals surface area contributed by atoms with Crippen LogP contribution in [0.3, 0.4) is 0 Å². The summed E-state index contributed by atoms with van der Waals surface area (Å²) >= 11 is 0. The quantitative estimate of drug-likeness (QED) is 0.903. The van der Waals surface area contributed by atoms with Crippen LogP contribution in [0.25, 0.3) is 0 Å². The van der Waals surface area contributed by atoms with Crippen LogP contribution in [0.4, 0.5) is 10.5 Å². The molecule has 0 aliphatic carbocycles. The van der Waals surface area contributed by atoms with E-state index in [1.807, 2.05) is 37.7 Å². The third-order valence-corrected chi connectivity index (χ3v) is 4.43. The molecule has 0 saturated heterocycles. The average Bonchev–Trinajstić information content (AvgIpc) is 3.01. The Morgan fingerprint density at radius 2 is 2.04 bits per heavy atom. The average molecular weight is 356 g/mol. The number of amides is 1. The fraction of sp³-hybridized carbons (Fsp3) is 0.500. The van der Waals surface area contributed by atoms with Crippen molar-refractivity contribution in [3.05, 3.63) is 47.8 Å². The molecular weight excluding hydrogens is 328 g/mol. The van der Waals surface area contributed by atoms with E-state index in [1.165, 1.54) is 5.56 Å². The van der Waals surface area contributed by atoms with Gasteiger partial charge in [-0.3, -0.25) is 4.68 Å². The Morgan fingerprint density at radius 3 is 2.69 bits per heavy atom. The molecule has 2 heterocycles. The maximum absolute atomic E-state index is 12.3. The largest absolute Gasteiger partial charge is 0.444 e. The number of ether oxygens (including phenoxy) is 1. The topological polar surface area (TPSA) is 59.4 Å². The predicted octanol–water partition coefficient (Wildman–Crippen LogP) is 3.88. The number of nitrogens with one attached hydrogen (secondary N) is 1. The fourth-order valence-corrected chi connectivity index (χ4v) is 3.34. The van der Waals surface area contributed by atoms with E-state index in [4.69, 9.17) is 4.74 Å². The molecule has 0 radical (unpaired) electrons. The minimum atomic E-state index is -0.508. The van der Waals surface area contributed by atoms with E-state index < -0.39 is 5.60 Å². The number of carbonyl (C=O) groups excluding carboxylic acids is 1. The Morgan fingerprint density at radius 1 is 1.31 bits per heavy atom. The van der Waals surface area contributed by atoms with Gasteiger partial charge in [0, 0.05) is 19.6 Å². The zero-order valence-corrected chi connectivity index (χ0v) is 16.0. The van der Waals surface area contributed by atoms with E-state index in [9.17, 15) is 4.79 Å². The second kappa shape index (κ2) is 7.40. The van der Waals surface area contributed by atoms with Crippen LogP contribution < -0.4 is 10.2 Å². The summed E-state index contributed by atoms with van der Waals surface area (Å²) in [6.45, 7) is 10.1. The monoisotopic (exact) mass is 356 g/mol. The second-order valence-electron chi connectivity index (χ2n) is 7.63. The Labute approximate surface area is 155 Å². The molecule has 1 amide bonds. The lowest BCUT2D eigenvalue weighted by atomic mass is 10.0. The van der Waals surface area contributed by atoms with Crippen LogP contribution in [0.1, 0.15) is 51.4 Å². The van der Waals surface area contributed by atoms with Crippen LogP contribution in [0.15, 0.2) is 36.5 Å². The van der Waals surface area contributed by atoms with Gasteiger partial charge in [-0.05, 0) is 39.7 Å². The molecule has 26 heavy (non-hydrogen) atoms. The van der Waals surface area contributed by atoms with Crippen LogP contribution in [-0.2, 0) is 17.8 Å². The van der Waals surface area contributed by atoms with Crippen molar-refractivity contribution in [2.75, 3.05) is 11.4 Å². The van der Waals surface area contributed by atoms with E-state index in [2.05, 4.69) is 46.5 Å². The minimum Gasteiger partial charge on any atom is -0.444 e. The van der Waals surface area contributed by atoms with E-state index in [0.717, 1.165) is 37.4 Å². The number of aromatic nitrogens is 2. The van der Waals surface area contributed by atoms with Gasteiger partial charge in [0.05, 0.1) is 23.6 Å². The Hall–Kier alpha value is -2.50. The van der Waals surface area contributed by atoms with Gasteiger partial charge in [-0.2, -0.15) is 5.10 Å². The number of carbonyl (C=O) groups is 1. The van der Waals surface area contributed by atoms with Crippen molar-refractivity contribution in [2.24, 2.45) is 0 Å². The number of anilines is 1. The van der Waals surface area contributed by atoms with E-state index in [1.54, 1.807) is 0 Å². The summed E-state index contributed by atoms with van der Waals surface area (Å²) in [4.78, 5) is 14.6. The van der Waals surface area contributed by atoms with Gasteiger partial charge in [-0.15, -0.1) is 0 Å². The molecular formula is C20H28N4O2. The third-order valence-electron chi connectivity index (χ3n) is 4.43. The lowest BCUT2D eigenvalue weighted by molar-refractivity contribution is 0.0498. The van der Waals surface area contributed by atoms with Crippen LogP contribution in [0.5, 0.6) is 0 Å². The van der Waals surface area contributed by atoms with Crippen molar-refractivity contribution in [2.45, 2.75) is 58.8 Å². The number of hydrogen-bond donors (Lipinski definition) is 1. The third kappa shape index (κ3) is 4.18. The SMILES string of the molecule is CCn1ncc2c1C(NC(=O)OC(C)(C)C)CCN2Cc1ccccc1. The summed E-state index contributed by atoms with van der Waals surface area (Å²) in [7, 11) is 0. The minimum absolute atomic E-state index is 0.0886. The summed E-state index contributed by atoms with van der Waals surface area (Å²) in [5.74, 6) is 0. The van der Waals surface area contributed by atoms with Crippen molar-refractivity contribution in [3.63, 3.8) is 0 Å². The molecule has 1 unspecified atom stereocenters. The number of hydrogen-bond acceptors (Lipinski definition) is 4. The number of benzene rings is 1. The molecule has 140 valence electrons. The first-order chi connectivity index (χ1) is 12.4. The molecule has 1 aliphatic heterocycles. The molecule has 2 aromatic rings. The molecule has 1 aliphatic rings. The zero-order chi connectivity index (χ0) is 18.7. The van der Waals surface area contributed by atoms with Crippen molar-refractivity contribution in [1.29, 1.82) is 0 Å². The van der Waals surface area contributed by atoms with Crippen molar-refractivity contribution >= 4 is 11.8 Å². The molecule has 0 fully saturated rings. The highest BCUT2D eigenvalue weighted by atomic mass is 16.6. The summed E-state index contributed by atoms with van der Waals surface area (Å²) in [6, 6.07) is 10.3. The zero-order valence-electron chi connectivity index (χ0n) is 16.0. The molecule has 0 saturated carbocycles. The van der Waals surface area contributed by atoms with Crippen LogP contribution >= 0.6 is 0 Å². The highest BCUT2D eigenvalue weighted by molar-refractivity contribution is 5.69. The molecule has 1 aromatic heterocycles. The molecule has 0 bridgehead atoms. The van der Waals surface area contributed by atoms with Gasteiger partial charge in [0.25, 0.3) is 0 Å². The van der Waals surface area contributed by atoms with E-state index >= 15 is 0 Å². The maximum Gasteiger partial charge on any atom is 0.408 e. The first-order valence-corrected chi connectivity index (χ1v) is 9.21. The van der Waals surface area contributed by atoms with Crippen LogP contribution in [-0.4, -0.2) is 28.0 Å². The summed E-state index contributed by atoms with van der Waals surface area (Å²) < 4.78 is 7.40. The maximum atomic E-state index is 12.3. The van der Waals surface area contributed by atoms with Crippen molar-refractivity contribution in [3.8, 4) is 0 Å². The highest BCUT2D eigenvalue weighted by Gasteiger charge is 2.31. The first kappa shape index (κ1) is 18.3. The smallest absolute Gasteiger partial charge is 0.408 e. The molecule has 1 N–H and O–H groups in total. The fourth-order valence-electron chi connectivity index (χ4n) is 3.34. The number of nitrogens with zero attached hydrogens (tertiary/aromatic N) is 3.